The SMILES string of the molecule is CCNc1nsnc1-c1cncc(F)c1. The molecule has 4 nitrogen and oxygen atoms in total. The van der Waals surface area contributed by atoms with Gasteiger partial charge in [0.15, 0.2) is 5.82 Å². The first kappa shape index (κ1) is 9.97. The smallest absolute Gasteiger partial charge is 0.168 e. The van der Waals surface area contributed by atoms with Gasteiger partial charge in [-0.25, -0.2) is 4.39 Å². The molecule has 6 heteroatoms. The molecule has 78 valence electrons. The van der Waals surface area contributed by atoms with Crippen molar-refractivity contribution in [1.82, 2.24) is 13.7 Å². The number of aromatic nitrogens is 3. The van der Waals surface area contributed by atoms with Gasteiger partial charge in [-0.2, -0.15) is 8.75 Å². The second-order valence-electron chi connectivity index (χ2n) is 2.88. The van der Waals surface area contributed by atoms with Crippen LogP contribution in [0.25, 0.3) is 11.3 Å². The molecule has 2 aromatic heterocycles. The van der Waals surface area contributed by atoms with Crippen molar-refractivity contribution in [1.29, 1.82) is 0 Å². The van der Waals surface area contributed by atoms with E-state index in [9.17, 15) is 4.39 Å². The maximum Gasteiger partial charge on any atom is 0.168 e. The fourth-order valence-electron chi connectivity index (χ4n) is 1.20. The molecular formula is C9H9FN4S. The normalized spacial score (nSPS) is 10.3. The molecule has 2 heterocycles. The van der Waals surface area contributed by atoms with Crippen LogP contribution < -0.4 is 5.32 Å². The van der Waals surface area contributed by atoms with E-state index in [1.54, 1.807) is 6.20 Å². The Morgan fingerprint density at radius 1 is 1.40 bits per heavy atom. The fourth-order valence-corrected chi connectivity index (χ4v) is 1.75. The Kier molecular flexibility index (Phi) is 2.86. The molecule has 0 aliphatic heterocycles. The van der Waals surface area contributed by atoms with Gasteiger partial charge in [-0.3, -0.25) is 4.98 Å². The molecule has 15 heavy (non-hydrogen) atoms. The Balaban J connectivity index is 2.40. The van der Waals surface area contributed by atoms with Gasteiger partial charge < -0.3 is 5.32 Å². The fraction of sp³-hybridized carbons (Fsp3) is 0.222. The monoisotopic (exact) mass is 224 g/mol. The first-order chi connectivity index (χ1) is 7.31. The van der Waals surface area contributed by atoms with Gasteiger partial charge in [0.05, 0.1) is 17.9 Å². The molecule has 0 spiro atoms. The standard InChI is InChI=1S/C9H9FN4S/c1-2-12-9-8(13-15-14-9)6-3-7(10)5-11-4-6/h3-5H,2H2,1H3,(H,12,14). The minimum absolute atomic E-state index is 0.372. The lowest BCUT2D eigenvalue weighted by molar-refractivity contribution is 0.622. The van der Waals surface area contributed by atoms with Crippen molar-refractivity contribution in [3.8, 4) is 11.3 Å². The predicted octanol–water partition coefficient (Wildman–Crippen LogP) is 2.17. The van der Waals surface area contributed by atoms with Gasteiger partial charge in [0.1, 0.15) is 11.5 Å². The third-order valence-corrected chi connectivity index (χ3v) is 2.34. The maximum absolute atomic E-state index is 12.9. The average molecular weight is 224 g/mol. The van der Waals surface area contributed by atoms with Gasteiger partial charge in [0, 0.05) is 18.3 Å². The zero-order chi connectivity index (χ0) is 10.7. The molecule has 1 N–H and O–H groups in total. The van der Waals surface area contributed by atoms with Crippen LogP contribution in [0.2, 0.25) is 0 Å². The van der Waals surface area contributed by atoms with Crippen LogP contribution in [0, 0.1) is 5.82 Å². The second-order valence-corrected chi connectivity index (χ2v) is 3.41. The number of hydrogen-bond donors (Lipinski definition) is 1. The van der Waals surface area contributed by atoms with E-state index in [1.807, 2.05) is 6.92 Å². The van der Waals surface area contributed by atoms with E-state index in [4.69, 9.17) is 0 Å². The Hall–Kier alpha value is -1.56. The maximum atomic E-state index is 12.9. The van der Waals surface area contributed by atoms with Crippen molar-refractivity contribution in [2.24, 2.45) is 0 Å². The lowest BCUT2D eigenvalue weighted by Gasteiger charge is -2.01. The Bertz CT molecular complexity index is 457. The highest BCUT2D eigenvalue weighted by Gasteiger charge is 2.10. The molecule has 2 rings (SSSR count). The van der Waals surface area contributed by atoms with E-state index in [2.05, 4.69) is 19.0 Å². The van der Waals surface area contributed by atoms with Crippen LogP contribution in [-0.2, 0) is 0 Å². The van der Waals surface area contributed by atoms with Crippen molar-refractivity contribution < 1.29 is 4.39 Å². The first-order valence-electron chi connectivity index (χ1n) is 4.48. The molecule has 0 atom stereocenters. The van der Waals surface area contributed by atoms with Gasteiger partial charge in [-0.1, -0.05) is 0 Å². The topological polar surface area (TPSA) is 50.7 Å². The highest BCUT2D eigenvalue weighted by atomic mass is 32.1. The zero-order valence-corrected chi connectivity index (χ0v) is 8.88. The van der Waals surface area contributed by atoms with Gasteiger partial charge in [-0.15, -0.1) is 0 Å². The number of halogens is 1. The van der Waals surface area contributed by atoms with Gasteiger partial charge in [0.2, 0.25) is 0 Å². The average Bonchev–Trinajstić information content (AvgIpc) is 2.66. The van der Waals surface area contributed by atoms with E-state index in [-0.39, 0.29) is 5.82 Å². The largest absolute Gasteiger partial charge is 0.368 e. The van der Waals surface area contributed by atoms with E-state index in [0.29, 0.717) is 17.1 Å². The van der Waals surface area contributed by atoms with Crippen molar-refractivity contribution in [3.05, 3.63) is 24.3 Å². The van der Waals surface area contributed by atoms with Crippen LogP contribution in [-0.4, -0.2) is 20.3 Å². The predicted molar refractivity (Wildman–Crippen MR) is 57.3 cm³/mol. The summed E-state index contributed by atoms with van der Waals surface area (Å²) in [7, 11) is 0. The number of nitrogens with zero attached hydrogens (tertiary/aromatic N) is 3. The number of nitrogens with one attached hydrogen (secondary N) is 1. The van der Waals surface area contributed by atoms with E-state index in [0.717, 1.165) is 24.5 Å². The molecule has 0 bridgehead atoms. The quantitative estimate of drug-likeness (QED) is 0.868. The molecule has 0 fully saturated rings. The number of pyridine rings is 1. The Labute approximate surface area is 90.5 Å². The van der Waals surface area contributed by atoms with Crippen LogP contribution in [0.1, 0.15) is 6.92 Å². The van der Waals surface area contributed by atoms with Crippen LogP contribution >= 0.6 is 11.7 Å². The number of rotatable bonds is 3. The Morgan fingerprint density at radius 3 is 3.00 bits per heavy atom. The molecular weight excluding hydrogens is 215 g/mol. The summed E-state index contributed by atoms with van der Waals surface area (Å²) in [6.45, 7) is 2.72. The number of anilines is 1. The summed E-state index contributed by atoms with van der Waals surface area (Å²) in [5, 5.41) is 3.06. The molecule has 0 unspecified atom stereocenters. The summed E-state index contributed by atoms with van der Waals surface area (Å²) in [4.78, 5) is 3.78. The molecule has 0 aliphatic carbocycles. The second kappa shape index (κ2) is 4.31. The zero-order valence-electron chi connectivity index (χ0n) is 8.07. The van der Waals surface area contributed by atoms with Gasteiger partial charge in [-0.05, 0) is 13.0 Å². The molecule has 0 saturated carbocycles. The molecule has 0 saturated heterocycles. The van der Waals surface area contributed by atoms with Crippen LogP contribution in [0.4, 0.5) is 10.2 Å². The third-order valence-electron chi connectivity index (χ3n) is 1.81. The first-order valence-corrected chi connectivity index (χ1v) is 5.21. The molecule has 2 aromatic rings. The Morgan fingerprint density at radius 2 is 2.27 bits per heavy atom. The number of hydrogen-bond acceptors (Lipinski definition) is 5. The third kappa shape index (κ3) is 2.10. The minimum Gasteiger partial charge on any atom is -0.368 e. The van der Waals surface area contributed by atoms with Crippen LogP contribution in [0.15, 0.2) is 18.5 Å². The van der Waals surface area contributed by atoms with Crippen molar-refractivity contribution >= 4 is 17.5 Å². The minimum atomic E-state index is -0.372. The van der Waals surface area contributed by atoms with Crippen molar-refractivity contribution in [2.45, 2.75) is 6.92 Å². The highest BCUT2D eigenvalue weighted by Crippen LogP contribution is 2.25. The summed E-state index contributed by atoms with van der Waals surface area (Å²) < 4.78 is 21.1. The van der Waals surface area contributed by atoms with E-state index >= 15 is 0 Å². The van der Waals surface area contributed by atoms with Crippen LogP contribution in [0.5, 0.6) is 0 Å². The summed E-state index contributed by atoms with van der Waals surface area (Å²) in [5.41, 5.74) is 1.29. The van der Waals surface area contributed by atoms with E-state index in [1.165, 1.54) is 6.07 Å². The lowest BCUT2D eigenvalue weighted by Crippen LogP contribution is -1.98. The van der Waals surface area contributed by atoms with E-state index < -0.39 is 0 Å². The van der Waals surface area contributed by atoms with Crippen molar-refractivity contribution in [2.75, 3.05) is 11.9 Å². The molecule has 0 aromatic carbocycles. The highest BCUT2D eigenvalue weighted by molar-refractivity contribution is 6.99. The summed E-state index contributed by atoms with van der Waals surface area (Å²) in [5.74, 6) is 0.304. The lowest BCUT2D eigenvalue weighted by atomic mass is 10.2. The summed E-state index contributed by atoms with van der Waals surface area (Å²) >= 11 is 1.09. The van der Waals surface area contributed by atoms with Crippen LogP contribution in [0.3, 0.4) is 0 Å². The van der Waals surface area contributed by atoms with Gasteiger partial charge >= 0.3 is 0 Å². The summed E-state index contributed by atoms with van der Waals surface area (Å²) in [6.07, 6.45) is 2.73. The molecule has 0 radical (unpaired) electrons. The summed E-state index contributed by atoms with van der Waals surface area (Å²) in [6, 6.07) is 1.39. The molecule has 0 aliphatic rings. The molecule has 0 amide bonds. The van der Waals surface area contributed by atoms with Gasteiger partial charge in [0.25, 0.3) is 0 Å². The van der Waals surface area contributed by atoms with Crippen molar-refractivity contribution in [3.63, 3.8) is 0 Å².